The van der Waals surface area contributed by atoms with E-state index < -0.39 is 60.2 Å². The molecule has 0 aliphatic rings. The first-order chi connectivity index (χ1) is 12.9. The predicted molar refractivity (Wildman–Crippen MR) is 108 cm³/mol. The summed E-state index contributed by atoms with van der Waals surface area (Å²) in [4.78, 5) is 58.6. The zero-order valence-electron chi connectivity index (χ0n) is 15.5. The molecule has 0 heterocycles. The van der Waals surface area contributed by atoms with Crippen LogP contribution in [0.2, 0.25) is 0 Å². The van der Waals surface area contributed by atoms with Crippen LogP contribution in [-0.2, 0) is 24.0 Å². The van der Waals surface area contributed by atoms with Crippen molar-refractivity contribution in [2.24, 2.45) is 17.4 Å². The molecule has 8 N–H and O–H groups in total. The Morgan fingerprint density at radius 3 is 1.79 bits per heavy atom. The summed E-state index contributed by atoms with van der Waals surface area (Å²) in [5.74, 6) is -4.87. The summed E-state index contributed by atoms with van der Waals surface area (Å²) in [5, 5.41) is 16.1. The smallest absolute Gasteiger partial charge is 0.327 e. The first kappa shape index (κ1) is 26.0. The molecule has 0 saturated heterocycles. The second kappa shape index (κ2) is 12.5. The normalized spacial score (nSPS) is 15.1. The summed E-state index contributed by atoms with van der Waals surface area (Å²) < 4.78 is 0. The van der Waals surface area contributed by atoms with Crippen LogP contribution in [0.25, 0.3) is 0 Å². The summed E-state index contributed by atoms with van der Waals surface area (Å²) in [6.07, 6.45) is -0.399. The lowest BCUT2D eigenvalue weighted by molar-refractivity contribution is -0.141. The first-order valence-corrected chi connectivity index (χ1v) is 9.60. The molecule has 0 aromatic carbocycles. The number of carboxylic acid groups (broad SMARTS) is 1. The average molecular weight is 438 g/mol. The van der Waals surface area contributed by atoms with Gasteiger partial charge in [-0.05, 0) is 5.92 Å². The fraction of sp³-hybridized carbons (Fsp3) is 0.667. The maximum absolute atomic E-state index is 12.4. The molecule has 0 radical (unpaired) electrons. The Labute approximate surface area is 173 Å². The van der Waals surface area contributed by atoms with Crippen molar-refractivity contribution in [2.75, 3.05) is 11.5 Å². The molecule has 0 aliphatic carbocycles. The zero-order chi connectivity index (χ0) is 22.0. The number of carbonyl (C=O) groups is 5. The van der Waals surface area contributed by atoms with E-state index in [1.54, 1.807) is 13.8 Å². The van der Waals surface area contributed by atoms with E-state index in [0.717, 1.165) is 0 Å². The van der Waals surface area contributed by atoms with E-state index in [2.05, 4.69) is 41.2 Å². The molecule has 0 aliphatic heterocycles. The molecule has 0 saturated carbocycles. The molecular weight excluding hydrogens is 410 g/mol. The lowest BCUT2D eigenvalue weighted by atomic mass is 10.0. The summed E-state index contributed by atoms with van der Waals surface area (Å²) in [7, 11) is 0. The van der Waals surface area contributed by atoms with Crippen molar-refractivity contribution in [3.63, 3.8) is 0 Å². The van der Waals surface area contributed by atoms with Crippen LogP contribution in [0.5, 0.6) is 0 Å². The number of carboxylic acids is 1. The lowest BCUT2D eigenvalue weighted by Gasteiger charge is -2.26. The first-order valence-electron chi connectivity index (χ1n) is 8.34. The Morgan fingerprint density at radius 2 is 1.39 bits per heavy atom. The number of nitrogens with one attached hydrogen (secondary N) is 3. The minimum Gasteiger partial charge on any atom is -0.480 e. The number of hydrogen-bond acceptors (Lipinski definition) is 8. The molecule has 4 atom stereocenters. The van der Waals surface area contributed by atoms with Crippen molar-refractivity contribution in [1.29, 1.82) is 0 Å². The van der Waals surface area contributed by atoms with Gasteiger partial charge in [-0.25, -0.2) is 4.79 Å². The Balaban J connectivity index is 5.09. The lowest BCUT2D eigenvalue weighted by Crippen LogP contribution is -2.59. The molecule has 11 nitrogen and oxygen atoms in total. The number of hydrogen-bond donors (Lipinski definition) is 8. The molecule has 0 spiro atoms. The van der Waals surface area contributed by atoms with Gasteiger partial charge in [0.15, 0.2) is 0 Å². The molecule has 0 aromatic rings. The highest BCUT2D eigenvalue weighted by Crippen LogP contribution is 2.05. The Morgan fingerprint density at radius 1 is 0.893 bits per heavy atom. The van der Waals surface area contributed by atoms with Gasteiger partial charge in [-0.15, -0.1) is 0 Å². The Kier molecular flexibility index (Phi) is 11.6. The maximum Gasteiger partial charge on any atom is 0.327 e. The van der Waals surface area contributed by atoms with Crippen LogP contribution in [-0.4, -0.2) is 70.4 Å². The average Bonchev–Trinajstić information content (AvgIpc) is 2.60. The van der Waals surface area contributed by atoms with Crippen LogP contribution in [0.1, 0.15) is 20.3 Å². The predicted octanol–water partition coefficient (Wildman–Crippen LogP) is -2.76. The van der Waals surface area contributed by atoms with Crippen LogP contribution < -0.4 is 27.4 Å². The molecule has 0 aromatic heterocycles. The molecule has 0 fully saturated rings. The molecule has 0 rings (SSSR count). The fourth-order valence-corrected chi connectivity index (χ4v) is 2.52. The van der Waals surface area contributed by atoms with Crippen molar-refractivity contribution >= 4 is 54.9 Å². The van der Waals surface area contributed by atoms with E-state index in [0.29, 0.717) is 0 Å². The summed E-state index contributed by atoms with van der Waals surface area (Å²) >= 11 is 7.86. The highest BCUT2D eigenvalue weighted by molar-refractivity contribution is 7.80. The molecule has 0 bridgehead atoms. The SMILES string of the molecule is CC(C)C(NC(=O)C(CS)NC(=O)C(N)CC(N)=O)C(=O)NC(CS)C(=O)O. The standard InChI is InChI=1S/C15H27N5O6S2/c1-6(2)11(14(24)19-9(5-28)15(25)26)20-13(23)8(4-27)18-12(22)7(16)3-10(17)21/h6-9,11,27-28H,3-5,16H2,1-2H3,(H2,17,21)(H,18,22)(H,19,24)(H,20,23)(H,25,26). The summed E-state index contributed by atoms with van der Waals surface area (Å²) in [6.45, 7) is 3.30. The van der Waals surface area contributed by atoms with Gasteiger partial charge in [0.1, 0.15) is 18.1 Å². The van der Waals surface area contributed by atoms with Crippen molar-refractivity contribution in [3.8, 4) is 0 Å². The second-order valence-corrected chi connectivity index (χ2v) is 7.06. The fourth-order valence-electron chi connectivity index (χ4n) is 2.02. The number of primary amides is 1. The van der Waals surface area contributed by atoms with E-state index in [-0.39, 0.29) is 17.4 Å². The third-order valence-corrected chi connectivity index (χ3v) is 4.35. The molecule has 160 valence electrons. The molecule has 28 heavy (non-hydrogen) atoms. The van der Waals surface area contributed by atoms with Crippen molar-refractivity contribution in [2.45, 2.75) is 44.4 Å². The molecule has 4 unspecified atom stereocenters. The summed E-state index contributed by atoms with van der Waals surface area (Å²) in [6, 6.07) is -4.65. The number of amides is 4. The van der Waals surface area contributed by atoms with Gasteiger partial charge in [0, 0.05) is 11.5 Å². The van der Waals surface area contributed by atoms with Crippen LogP contribution in [0.3, 0.4) is 0 Å². The quantitative estimate of drug-likeness (QED) is 0.151. The van der Waals surface area contributed by atoms with Crippen LogP contribution in [0.4, 0.5) is 0 Å². The third kappa shape index (κ3) is 8.80. The monoisotopic (exact) mass is 437 g/mol. The van der Waals surface area contributed by atoms with Crippen molar-refractivity contribution < 1.29 is 29.1 Å². The number of rotatable bonds is 12. The number of aliphatic carboxylic acids is 1. The van der Waals surface area contributed by atoms with Crippen molar-refractivity contribution in [1.82, 2.24) is 16.0 Å². The zero-order valence-corrected chi connectivity index (χ0v) is 17.3. The van der Waals surface area contributed by atoms with Gasteiger partial charge in [-0.2, -0.15) is 25.3 Å². The van der Waals surface area contributed by atoms with E-state index in [9.17, 15) is 24.0 Å². The number of carbonyl (C=O) groups excluding carboxylic acids is 4. The van der Waals surface area contributed by atoms with Gasteiger partial charge in [-0.3, -0.25) is 19.2 Å². The van der Waals surface area contributed by atoms with Crippen LogP contribution in [0.15, 0.2) is 0 Å². The van der Waals surface area contributed by atoms with Crippen LogP contribution in [0, 0.1) is 5.92 Å². The topological polar surface area (TPSA) is 194 Å². The number of thiol groups is 2. The Bertz CT molecular complexity index is 603. The van der Waals surface area contributed by atoms with Gasteiger partial charge in [0.2, 0.25) is 23.6 Å². The highest BCUT2D eigenvalue weighted by atomic mass is 32.1. The number of nitrogens with two attached hydrogens (primary N) is 2. The van der Waals surface area contributed by atoms with Gasteiger partial charge in [0.25, 0.3) is 0 Å². The highest BCUT2D eigenvalue weighted by Gasteiger charge is 2.31. The maximum atomic E-state index is 12.4. The van der Waals surface area contributed by atoms with E-state index in [4.69, 9.17) is 16.6 Å². The van der Waals surface area contributed by atoms with Gasteiger partial charge < -0.3 is 32.5 Å². The van der Waals surface area contributed by atoms with E-state index >= 15 is 0 Å². The third-order valence-electron chi connectivity index (χ3n) is 3.62. The minimum atomic E-state index is -1.26. The van der Waals surface area contributed by atoms with E-state index in [1.165, 1.54) is 0 Å². The van der Waals surface area contributed by atoms with Crippen LogP contribution >= 0.6 is 25.3 Å². The Hall–Kier alpha value is -1.99. The van der Waals surface area contributed by atoms with E-state index in [1.807, 2.05) is 0 Å². The van der Waals surface area contributed by atoms with Gasteiger partial charge >= 0.3 is 5.97 Å². The second-order valence-electron chi connectivity index (χ2n) is 6.33. The largest absolute Gasteiger partial charge is 0.480 e. The van der Waals surface area contributed by atoms with Crippen molar-refractivity contribution in [3.05, 3.63) is 0 Å². The minimum absolute atomic E-state index is 0.109. The summed E-state index contributed by atoms with van der Waals surface area (Å²) in [5.41, 5.74) is 10.5. The molecule has 4 amide bonds. The van der Waals surface area contributed by atoms with Gasteiger partial charge in [0.05, 0.1) is 12.5 Å². The van der Waals surface area contributed by atoms with Gasteiger partial charge in [-0.1, -0.05) is 13.8 Å². The molecular formula is C15H27N5O6S2. The molecule has 13 heteroatoms.